The molecular formula is C65H119N2O7P. The average molecular weight is 1070 g/mol. The van der Waals surface area contributed by atoms with Crippen LogP contribution in [0.1, 0.15) is 278 Å². The van der Waals surface area contributed by atoms with E-state index < -0.39 is 26.6 Å². The summed E-state index contributed by atoms with van der Waals surface area (Å²) in [5.74, 6) is -0.564. The van der Waals surface area contributed by atoms with Gasteiger partial charge in [-0.15, -0.1) is 0 Å². The molecule has 0 saturated heterocycles. The van der Waals surface area contributed by atoms with Gasteiger partial charge >= 0.3 is 5.97 Å². The lowest BCUT2D eigenvalue weighted by atomic mass is 10.0. The SMILES string of the molecule is CCCCC/C=C\C/C=C\C/C=C\C/C=C\CCCCCCCC(=O)NC(COP(=O)([O-])OCC[N+](C)(C)C)C(/C=C\CCCCCCCCCCCCC)OC(=O)CCCCCCCCC/C=C\CCCCCC. The first-order chi connectivity index (χ1) is 36.4. The zero-order valence-corrected chi connectivity index (χ0v) is 50.6. The van der Waals surface area contributed by atoms with Crippen molar-refractivity contribution in [3.63, 3.8) is 0 Å². The van der Waals surface area contributed by atoms with Gasteiger partial charge in [0.1, 0.15) is 19.3 Å². The van der Waals surface area contributed by atoms with Crippen molar-refractivity contribution in [2.75, 3.05) is 40.9 Å². The highest BCUT2D eigenvalue weighted by atomic mass is 31.2. The van der Waals surface area contributed by atoms with E-state index in [4.69, 9.17) is 13.8 Å². The number of ether oxygens (including phenoxy) is 1. The highest BCUT2D eigenvalue weighted by Crippen LogP contribution is 2.38. The Morgan fingerprint density at radius 3 is 1.27 bits per heavy atom. The van der Waals surface area contributed by atoms with Crippen LogP contribution in [0.25, 0.3) is 0 Å². The van der Waals surface area contributed by atoms with Crippen molar-refractivity contribution in [1.82, 2.24) is 5.32 Å². The summed E-state index contributed by atoms with van der Waals surface area (Å²) < 4.78 is 30.3. The standard InChI is InChI=1S/C65H119N2O7P/c1-7-10-13-16-19-22-25-28-30-31-32-33-34-35-37-39-42-45-48-51-54-57-64(68)66-62(61-73-75(70,71)72-60-59-67(4,5)6)63(56-53-50-47-44-41-38-27-24-21-18-15-12-9-3)74-65(69)58-55-52-49-46-43-40-36-29-26-23-20-17-14-11-8-2/h19,22-23,26,28,30,32-33,35,37,53,56,62-63H,7-18,20-21,24-25,27,29,31,34,36,38-52,54-55,57-61H2,1-6H3,(H-,66,68,70,71)/b22-19-,26-23-,30-28-,33-32-,37-35-,56-53-. The number of rotatable bonds is 56. The van der Waals surface area contributed by atoms with E-state index in [1.807, 2.05) is 33.3 Å². The van der Waals surface area contributed by atoms with Gasteiger partial charge in [-0.2, -0.15) is 0 Å². The molecule has 0 aromatic heterocycles. The molecular weight excluding hydrogens is 952 g/mol. The number of unbranched alkanes of at least 4 members (excludes halogenated alkanes) is 30. The minimum Gasteiger partial charge on any atom is -0.756 e. The van der Waals surface area contributed by atoms with Crippen LogP contribution in [0.2, 0.25) is 0 Å². The Morgan fingerprint density at radius 1 is 0.467 bits per heavy atom. The molecule has 436 valence electrons. The van der Waals surface area contributed by atoms with E-state index in [9.17, 15) is 19.0 Å². The fraction of sp³-hybridized carbons (Fsp3) is 0.785. The summed E-state index contributed by atoms with van der Waals surface area (Å²) >= 11 is 0. The second-order valence-electron chi connectivity index (χ2n) is 22.2. The quantitative estimate of drug-likeness (QED) is 0.0212. The Hall–Kier alpha value is -2.55. The maximum Gasteiger partial charge on any atom is 0.306 e. The van der Waals surface area contributed by atoms with Gasteiger partial charge in [-0.1, -0.05) is 235 Å². The molecule has 0 saturated carbocycles. The van der Waals surface area contributed by atoms with Crippen LogP contribution in [0.15, 0.2) is 72.9 Å². The zero-order valence-electron chi connectivity index (χ0n) is 49.7. The second-order valence-corrected chi connectivity index (χ2v) is 23.6. The summed E-state index contributed by atoms with van der Waals surface area (Å²) in [6, 6.07) is -0.902. The fourth-order valence-corrected chi connectivity index (χ4v) is 9.46. The van der Waals surface area contributed by atoms with E-state index in [1.165, 1.54) is 135 Å². The summed E-state index contributed by atoms with van der Waals surface area (Å²) in [5.41, 5.74) is 0. The van der Waals surface area contributed by atoms with Gasteiger partial charge in [-0.25, -0.2) is 0 Å². The molecule has 0 radical (unpaired) electrons. The smallest absolute Gasteiger partial charge is 0.306 e. The van der Waals surface area contributed by atoms with Crippen LogP contribution in [0.3, 0.4) is 0 Å². The molecule has 0 bridgehead atoms. The summed E-state index contributed by atoms with van der Waals surface area (Å²) in [5, 5.41) is 3.02. The van der Waals surface area contributed by atoms with E-state index in [0.29, 0.717) is 23.9 Å². The van der Waals surface area contributed by atoms with Crippen LogP contribution in [0, 0.1) is 0 Å². The third-order valence-electron chi connectivity index (χ3n) is 13.6. The molecule has 0 aliphatic carbocycles. The lowest BCUT2D eigenvalue weighted by Gasteiger charge is -2.30. The topological polar surface area (TPSA) is 114 Å². The lowest BCUT2D eigenvalue weighted by Crippen LogP contribution is -2.47. The van der Waals surface area contributed by atoms with E-state index in [2.05, 4.69) is 86.8 Å². The van der Waals surface area contributed by atoms with Gasteiger partial charge in [0, 0.05) is 12.8 Å². The Bertz CT molecular complexity index is 1510. The van der Waals surface area contributed by atoms with Gasteiger partial charge in [0.25, 0.3) is 7.82 Å². The van der Waals surface area contributed by atoms with Crippen molar-refractivity contribution in [1.29, 1.82) is 0 Å². The second kappa shape index (κ2) is 54.8. The zero-order chi connectivity index (χ0) is 55.0. The van der Waals surface area contributed by atoms with Crippen molar-refractivity contribution in [3.05, 3.63) is 72.9 Å². The van der Waals surface area contributed by atoms with Gasteiger partial charge in [0.05, 0.1) is 33.8 Å². The molecule has 1 amide bonds. The molecule has 75 heavy (non-hydrogen) atoms. The van der Waals surface area contributed by atoms with Crippen molar-refractivity contribution >= 4 is 19.7 Å². The lowest BCUT2D eigenvalue weighted by molar-refractivity contribution is -0.870. The molecule has 0 spiro atoms. The highest BCUT2D eigenvalue weighted by Gasteiger charge is 2.27. The van der Waals surface area contributed by atoms with Gasteiger partial charge in [0.15, 0.2) is 0 Å². The summed E-state index contributed by atoms with van der Waals surface area (Å²) in [4.78, 5) is 40.0. The number of carbonyl (C=O) groups excluding carboxylic acids is 2. The van der Waals surface area contributed by atoms with Crippen LogP contribution < -0.4 is 10.2 Å². The Morgan fingerprint density at radius 2 is 0.813 bits per heavy atom. The first kappa shape index (κ1) is 72.5. The highest BCUT2D eigenvalue weighted by molar-refractivity contribution is 7.45. The number of likely N-dealkylation sites (N-methyl/N-ethyl adjacent to an activating group) is 1. The van der Waals surface area contributed by atoms with Gasteiger partial charge in [-0.05, 0) is 102 Å². The van der Waals surface area contributed by atoms with Crippen molar-refractivity contribution in [3.8, 4) is 0 Å². The number of nitrogens with zero attached hydrogens (tertiary/aromatic N) is 1. The molecule has 0 aromatic carbocycles. The van der Waals surface area contributed by atoms with Gasteiger partial charge in [0.2, 0.25) is 5.91 Å². The molecule has 0 aliphatic heterocycles. The van der Waals surface area contributed by atoms with E-state index in [0.717, 1.165) is 103 Å². The van der Waals surface area contributed by atoms with Gasteiger partial charge < -0.3 is 28.5 Å². The minimum atomic E-state index is -4.71. The van der Waals surface area contributed by atoms with E-state index in [-0.39, 0.29) is 24.9 Å². The largest absolute Gasteiger partial charge is 0.756 e. The number of nitrogens with one attached hydrogen (secondary N) is 1. The van der Waals surface area contributed by atoms with Crippen LogP contribution in [-0.2, 0) is 27.9 Å². The number of hydrogen-bond acceptors (Lipinski definition) is 7. The average Bonchev–Trinajstić information content (AvgIpc) is 3.37. The molecule has 0 heterocycles. The predicted molar refractivity (Wildman–Crippen MR) is 321 cm³/mol. The summed E-state index contributed by atoms with van der Waals surface area (Å²) in [7, 11) is 1.17. The number of quaternary nitrogens is 1. The number of phosphoric acid groups is 1. The van der Waals surface area contributed by atoms with Gasteiger partial charge in [-0.3, -0.25) is 14.2 Å². The monoisotopic (exact) mass is 1070 g/mol. The van der Waals surface area contributed by atoms with E-state index >= 15 is 0 Å². The molecule has 1 N–H and O–H groups in total. The van der Waals surface area contributed by atoms with Crippen molar-refractivity contribution in [2.45, 2.75) is 290 Å². The maximum absolute atomic E-state index is 13.5. The van der Waals surface area contributed by atoms with Crippen LogP contribution in [0.5, 0.6) is 0 Å². The van der Waals surface area contributed by atoms with Crippen molar-refractivity contribution in [2.24, 2.45) is 0 Å². The Balaban J connectivity index is 5.32. The predicted octanol–water partition coefficient (Wildman–Crippen LogP) is 18.6. The maximum atomic E-state index is 13.5. The molecule has 0 aromatic rings. The third kappa shape index (κ3) is 56.0. The fourth-order valence-electron chi connectivity index (χ4n) is 8.74. The molecule has 9 nitrogen and oxygen atoms in total. The molecule has 3 atom stereocenters. The Kier molecular flexibility index (Phi) is 52.9. The third-order valence-corrected chi connectivity index (χ3v) is 14.6. The number of phosphoric ester groups is 1. The summed E-state index contributed by atoms with van der Waals surface area (Å²) in [6.45, 7) is 6.79. The molecule has 0 rings (SSSR count). The number of amides is 1. The minimum absolute atomic E-state index is 0.0290. The normalized spacial score (nSPS) is 14.2. The summed E-state index contributed by atoms with van der Waals surface area (Å²) in [6.07, 6.45) is 70.0. The number of allylic oxidation sites excluding steroid dienone is 11. The van der Waals surface area contributed by atoms with Crippen LogP contribution in [0.4, 0.5) is 0 Å². The number of esters is 1. The molecule has 0 aliphatic rings. The van der Waals surface area contributed by atoms with Crippen LogP contribution >= 0.6 is 7.82 Å². The van der Waals surface area contributed by atoms with Crippen LogP contribution in [-0.4, -0.2) is 69.4 Å². The molecule has 10 heteroatoms. The number of carbonyl (C=O) groups is 2. The number of hydrogen-bond donors (Lipinski definition) is 1. The van der Waals surface area contributed by atoms with E-state index in [1.54, 1.807) is 0 Å². The molecule has 0 fully saturated rings. The molecule has 3 unspecified atom stereocenters. The Labute approximate surface area is 463 Å². The first-order valence-electron chi connectivity index (χ1n) is 31.2. The van der Waals surface area contributed by atoms with Crippen molar-refractivity contribution < 1.29 is 37.3 Å². The first-order valence-corrected chi connectivity index (χ1v) is 32.7.